The van der Waals surface area contributed by atoms with Crippen molar-refractivity contribution in [2.75, 3.05) is 32.6 Å². The van der Waals surface area contributed by atoms with Gasteiger partial charge in [0.15, 0.2) is 0 Å². The maximum atomic E-state index is 13.2. The van der Waals surface area contributed by atoms with Crippen LogP contribution in [-0.4, -0.2) is 59.4 Å². The quantitative estimate of drug-likeness (QED) is 0.738. The summed E-state index contributed by atoms with van der Waals surface area (Å²) in [5.41, 5.74) is 3.01. The monoisotopic (exact) mass is 426 g/mol. The van der Waals surface area contributed by atoms with Gasteiger partial charge in [-0.15, -0.1) is 11.8 Å². The number of amides is 1. The molecule has 1 saturated heterocycles. The first kappa shape index (κ1) is 21.2. The zero-order chi connectivity index (χ0) is 20.9. The van der Waals surface area contributed by atoms with Crippen molar-refractivity contribution in [3.05, 3.63) is 59.2 Å². The predicted octanol–water partition coefficient (Wildman–Crippen LogP) is 3.79. The summed E-state index contributed by atoms with van der Waals surface area (Å²) in [6.45, 7) is 3.68. The van der Waals surface area contributed by atoms with E-state index in [1.807, 2.05) is 41.5 Å². The van der Waals surface area contributed by atoms with E-state index >= 15 is 0 Å². The van der Waals surface area contributed by atoms with Crippen molar-refractivity contribution >= 4 is 17.7 Å². The highest BCUT2D eigenvalue weighted by atomic mass is 32.2. The van der Waals surface area contributed by atoms with E-state index in [0.29, 0.717) is 19.7 Å². The van der Waals surface area contributed by atoms with E-state index in [1.54, 1.807) is 11.8 Å². The van der Waals surface area contributed by atoms with Crippen LogP contribution in [0, 0.1) is 0 Å². The number of likely N-dealkylation sites (tertiary alicyclic amines) is 1. The van der Waals surface area contributed by atoms with Crippen LogP contribution < -0.4 is 4.74 Å². The van der Waals surface area contributed by atoms with Gasteiger partial charge in [-0.05, 0) is 55.5 Å². The first-order valence-electron chi connectivity index (χ1n) is 10.7. The molecule has 2 heterocycles. The number of ether oxygens (including phenoxy) is 1. The molecule has 2 aliphatic heterocycles. The fraction of sp³-hybridized carbons (Fsp3) is 0.458. The van der Waals surface area contributed by atoms with Gasteiger partial charge in [-0.25, -0.2) is 0 Å². The summed E-state index contributed by atoms with van der Waals surface area (Å²) < 4.78 is 5.96. The largest absolute Gasteiger partial charge is 0.491 e. The Morgan fingerprint density at radius 3 is 2.90 bits per heavy atom. The van der Waals surface area contributed by atoms with Gasteiger partial charge in [0.1, 0.15) is 12.4 Å². The molecule has 160 valence electrons. The summed E-state index contributed by atoms with van der Waals surface area (Å²) in [6, 6.07) is 14.4. The predicted molar refractivity (Wildman–Crippen MR) is 120 cm³/mol. The zero-order valence-corrected chi connectivity index (χ0v) is 18.4. The lowest BCUT2D eigenvalue weighted by molar-refractivity contribution is 0.0729. The minimum absolute atomic E-state index is 0.0539. The second-order valence-corrected chi connectivity index (χ2v) is 8.87. The highest BCUT2D eigenvalue weighted by Gasteiger charge is 2.25. The van der Waals surface area contributed by atoms with Crippen molar-refractivity contribution in [3.8, 4) is 5.75 Å². The zero-order valence-electron chi connectivity index (χ0n) is 17.5. The van der Waals surface area contributed by atoms with Crippen molar-refractivity contribution in [1.82, 2.24) is 9.80 Å². The molecule has 2 aromatic carbocycles. The number of fused-ring (bicyclic) bond motifs is 1. The van der Waals surface area contributed by atoms with Gasteiger partial charge < -0.3 is 14.7 Å². The Balaban J connectivity index is 1.53. The standard InChI is InChI=1S/C24H30N2O3S/c1-30-23-8-3-2-7-21(23)24(28)26-12-13-29-22-10-9-18(14-19(22)16-26)15-25-11-5-4-6-20(25)17-27/h2-3,7-10,14,20,27H,4-6,11-13,15-17H2,1H3. The fourth-order valence-corrected chi connectivity index (χ4v) is 5.01. The SMILES string of the molecule is CSc1ccccc1C(=O)N1CCOc2ccc(CN3CCCCC3CO)cc2C1. The summed E-state index contributed by atoms with van der Waals surface area (Å²) in [4.78, 5) is 18.5. The van der Waals surface area contributed by atoms with Crippen molar-refractivity contribution in [1.29, 1.82) is 0 Å². The fourth-order valence-electron chi connectivity index (χ4n) is 4.42. The number of hydrogen-bond donors (Lipinski definition) is 1. The number of aliphatic hydroxyl groups excluding tert-OH is 1. The molecule has 30 heavy (non-hydrogen) atoms. The lowest BCUT2D eigenvalue weighted by Gasteiger charge is -2.34. The van der Waals surface area contributed by atoms with E-state index in [0.717, 1.165) is 41.3 Å². The number of hydrogen-bond acceptors (Lipinski definition) is 5. The maximum Gasteiger partial charge on any atom is 0.255 e. The highest BCUT2D eigenvalue weighted by molar-refractivity contribution is 7.98. The van der Waals surface area contributed by atoms with Gasteiger partial charge in [-0.3, -0.25) is 9.69 Å². The molecule has 0 saturated carbocycles. The Morgan fingerprint density at radius 2 is 2.07 bits per heavy atom. The van der Waals surface area contributed by atoms with Crippen LogP contribution in [0.2, 0.25) is 0 Å². The number of rotatable bonds is 5. The van der Waals surface area contributed by atoms with Gasteiger partial charge in [-0.1, -0.05) is 24.6 Å². The van der Waals surface area contributed by atoms with E-state index in [-0.39, 0.29) is 18.6 Å². The summed E-state index contributed by atoms with van der Waals surface area (Å²) in [6.07, 6.45) is 5.43. The van der Waals surface area contributed by atoms with Gasteiger partial charge in [0.2, 0.25) is 0 Å². The van der Waals surface area contributed by atoms with Crippen molar-refractivity contribution in [2.24, 2.45) is 0 Å². The van der Waals surface area contributed by atoms with Crippen LogP contribution in [-0.2, 0) is 13.1 Å². The number of aliphatic hydroxyl groups is 1. The number of nitrogens with zero attached hydrogens (tertiary/aromatic N) is 2. The number of carbonyl (C=O) groups is 1. The molecule has 1 N–H and O–H groups in total. The molecule has 1 atom stereocenters. The lowest BCUT2D eigenvalue weighted by Crippen LogP contribution is -2.41. The topological polar surface area (TPSA) is 53.0 Å². The second kappa shape index (κ2) is 9.86. The van der Waals surface area contributed by atoms with Crippen molar-refractivity contribution in [3.63, 3.8) is 0 Å². The van der Waals surface area contributed by atoms with Crippen LogP contribution in [0.25, 0.3) is 0 Å². The van der Waals surface area contributed by atoms with Gasteiger partial charge in [-0.2, -0.15) is 0 Å². The molecule has 0 bridgehead atoms. The van der Waals surface area contributed by atoms with E-state index in [1.165, 1.54) is 18.4 Å². The average molecular weight is 427 g/mol. The Hall–Kier alpha value is -2.02. The maximum absolute atomic E-state index is 13.2. The van der Waals surface area contributed by atoms with E-state index in [9.17, 15) is 9.90 Å². The smallest absolute Gasteiger partial charge is 0.255 e. The molecule has 1 amide bonds. The first-order valence-corrected chi connectivity index (χ1v) is 11.9. The summed E-state index contributed by atoms with van der Waals surface area (Å²) in [5, 5.41) is 9.71. The van der Waals surface area contributed by atoms with Gasteiger partial charge >= 0.3 is 0 Å². The molecular formula is C24H30N2O3S. The Kier molecular flexibility index (Phi) is 6.97. The number of benzene rings is 2. The van der Waals surface area contributed by atoms with Gasteiger partial charge in [0.05, 0.1) is 18.7 Å². The van der Waals surface area contributed by atoms with E-state index in [2.05, 4.69) is 17.0 Å². The van der Waals surface area contributed by atoms with Crippen LogP contribution in [0.3, 0.4) is 0 Å². The van der Waals surface area contributed by atoms with Crippen LogP contribution in [0.1, 0.15) is 40.7 Å². The van der Waals surface area contributed by atoms with Gasteiger partial charge in [0.25, 0.3) is 5.91 Å². The van der Waals surface area contributed by atoms with Crippen LogP contribution >= 0.6 is 11.8 Å². The minimum atomic E-state index is 0.0539. The van der Waals surface area contributed by atoms with Crippen molar-refractivity contribution < 1.29 is 14.6 Å². The van der Waals surface area contributed by atoms with E-state index in [4.69, 9.17) is 4.74 Å². The van der Waals surface area contributed by atoms with Crippen LogP contribution in [0.4, 0.5) is 0 Å². The molecule has 0 aliphatic carbocycles. The Morgan fingerprint density at radius 1 is 1.20 bits per heavy atom. The minimum Gasteiger partial charge on any atom is -0.491 e. The lowest BCUT2D eigenvalue weighted by atomic mass is 10.0. The third-order valence-corrected chi connectivity index (χ3v) is 6.87. The summed E-state index contributed by atoms with van der Waals surface area (Å²) in [5.74, 6) is 0.919. The number of thioether (sulfide) groups is 1. The molecule has 5 nitrogen and oxygen atoms in total. The van der Waals surface area contributed by atoms with Crippen LogP contribution in [0.5, 0.6) is 5.75 Å². The molecule has 1 fully saturated rings. The molecule has 1 unspecified atom stereocenters. The Bertz CT molecular complexity index is 889. The number of piperidine rings is 1. The molecule has 2 aromatic rings. The molecule has 0 aromatic heterocycles. The molecule has 2 aliphatic rings. The first-order chi connectivity index (χ1) is 14.7. The van der Waals surface area contributed by atoms with Crippen LogP contribution in [0.15, 0.2) is 47.4 Å². The molecule has 0 spiro atoms. The summed E-state index contributed by atoms with van der Waals surface area (Å²) in [7, 11) is 0. The Labute approximate surface area is 183 Å². The highest BCUT2D eigenvalue weighted by Crippen LogP contribution is 2.28. The normalized spacial score (nSPS) is 19.7. The molecule has 4 rings (SSSR count). The van der Waals surface area contributed by atoms with E-state index < -0.39 is 0 Å². The third-order valence-electron chi connectivity index (χ3n) is 6.07. The average Bonchev–Trinajstić information content (AvgIpc) is 3.01. The molecule has 0 radical (unpaired) electrons. The number of carbonyl (C=O) groups excluding carboxylic acids is 1. The molecule has 6 heteroatoms. The third kappa shape index (κ3) is 4.66. The van der Waals surface area contributed by atoms with Crippen molar-refractivity contribution in [2.45, 2.75) is 43.3 Å². The second-order valence-electron chi connectivity index (χ2n) is 8.02. The molecular weight excluding hydrogens is 396 g/mol. The summed E-state index contributed by atoms with van der Waals surface area (Å²) >= 11 is 1.60. The van der Waals surface area contributed by atoms with Gasteiger partial charge in [0, 0.05) is 29.6 Å².